The molecule has 1 atom stereocenters. The van der Waals surface area contributed by atoms with Crippen LogP contribution in [0.15, 0.2) is 35.7 Å². The predicted molar refractivity (Wildman–Crippen MR) is 124 cm³/mol. The third-order valence-corrected chi connectivity index (χ3v) is 6.42. The summed E-state index contributed by atoms with van der Waals surface area (Å²) in [7, 11) is 0. The number of hydrogen-bond donors (Lipinski definition) is 0. The number of ether oxygens (including phenoxy) is 2. The molecule has 182 valence electrons. The Balaban J connectivity index is 1.39. The lowest BCUT2D eigenvalue weighted by atomic mass is 9.97. The van der Waals surface area contributed by atoms with Gasteiger partial charge in [0.25, 0.3) is 0 Å². The molecule has 0 unspecified atom stereocenters. The summed E-state index contributed by atoms with van der Waals surface area (Å²) in [5, 5.41) is 17.8. The van der Waals surface area contributed by atoms with E-state index in [4.69, 9.17) is 25.9 Å². The number of hydrogen-bond acceptors (Lipinski definition) is 7. The lowest BCUT2D eigenvalue weighted by molar-refractivity contribution is -0.713. The Kier molecular flexibility index (Phi) is 7.84. The van der Waals surface area contributed by atoms with Gasteiger partial charge < -0.3 is 19.5 Å². The average Bonchev–Trinajstić information content (AvgIpc) is 3.28. The minimum absolute atomic E-state index is 0.285. The first-order valence-corrected chi connectivity index (χ1v) is 12.0. The number of benzene rings is 1. The number of rotatable bonds is 8. The summed E-state index contributed by atoms with van der Waals surface area (Å²) in [6.07, 6.45) is 4.29. The van der Waals surface area contributed by atoms with Gasteiger partial charge in [0.15, 0.2) is 5.75 Å². The molecule has 0 saturated carbocycles. The highest BCUT2D eigenvalue weighted by atomic mass is 35.5. The largest absolute Gasteiger partial charge is 0.569 e. The fourth-order valence-corrected chi connectivity index (χ4v) is 4.27. The molecule has 0 spiro atoms. The Labute approximate surface area is 203 Å². The Morgan fingerprint density at radius 3 is 2.76 bits per heavy atom. The molecule has 9 nitrogen and oxygen atoms in total. The molecule has 1 saturated heterocycles. The van der Waals surface area contributed by atoms with Crippen LogP contribution in [0, 0.1) is 18.0 Å². The number of piperidine rings is 1. The van der Waals surface area contributed by atoms with E-state index in [0.717, 1.165) is 29.5 Å². The van der Waals surface area contributed by atoms with Crippen LogP contribution < -0.4 is 4.74 Å². The van der Waals surface area contributed by atoms with E-state index in [-0.39, 0.29) is 18.0 Å². The minimum Gasteiger partial charge on any atom is -0.569 e. The van der Waals surface area contributed by atoms with Gasteiger partial charge >= 0.3 is 5.97 Å². The van der Waals surface area contributed by atoms with E-state index in [1.165, 1.54) is 5.01 Å². The summed E-state index contributed by atoms with van der Waals surface area (Å²) >= 11 is 6.01. The van der Waals surface area contributed by atoms with Gasteiger partial charge in [0.1, 0.15) is 12.7 Å². The second-order valence-corrected chi connectivity index (χ2v) is 8.96. The van der Waals surface area contributed by atoms with Gasteiger partial charge in [-0.2, -0.15) is 0 Å². The number of esters is 1. The normalized spacial score (nSPS) is 18.6. The highest BCUT2D eigenvalue weighted by Gasteiger charge is 2.33. The van der Waals surface area contributed by atoms with Gasteiger partial charge in [-0.15, -0.1) is 5.01 Å². The van der Waals surface area contributed by atoms with Crippen LogP contribution in [0.5, 0.6) is 5.75 Å². The smallest absolute Gasteiger partial charge is 0.314 e. The molecule has 2 aliphatic heterocycles. The number of halogens is 1. The van der Waals surface area contributed by atoms with Crippen molar-refractivity contribution < 1.29 is 24.1 Å². The van der Waals surface area contributed by atoms with E-state index in [9.17, 15) is 10.0 Å². The molecule has 34 heavy (non-hydrogen) atoms. The molecule has 3 heterocycles. The van der Waals surface area contributed by atoms with Crippen LogP contribution in [0.1, 0.15) is 61.1 Å². The highest BCUT2D eigenvalue weighted by molar-refractivity contribution is 6.30. The van der Waals surface area contributed by atoms with Gasteiger partial charge in [-0.25, -0.2) is 0 Å². The van der Waals surface area contributed by atoms with Crippen LogP contribution in [-0.4, -0.2) is 40.6 Å². The minimum atomic E-state index is -0.318. The molecule has 0 bridgehead atoms. The van der Waals surface area contributed by atoms with Gasteiger partial charge in [-0.3, -0.25) is 9.78 Å². The molecular weight excluding hydrogens is 460 g/mol. The zero-order valence-corrected chi connectivity index (χ0v) is 20.2. The van der Waals surface area contributed by atoms with E-state index in [1.54, 1.807) is 6.20 Å². The lowest BCUT2D eigenvalue weighted by Gasteiger charge is -2.27. The summed E-state index contributed by atoms with van der Waals surface area (Å²) in [4.78, 5) is 22.9. The van der Waals surface area contributed by atoms with Crippen LogP contribution in [-0.2, 0) is 21.0 Å². The third-order valence-electron chi connectivity index (χ3n) is 6.16. The van der Waals surface area contributed by atoms with Crippen LogP contribution in [0.2, 0.25) is 5.02 Å². The molecular formula is C24H29ClN4O5. The molecule has 0 aliphatic carbocycles. The molecule has 0 N–H and O–H groups in total. The monoisotopic (exact) mass is 488 g/mol. The quantitative estimate of drug-likeness (QED) is 0.171. The Hall–Kier alpha value is -2.91. The van der Waals surface area contributed by atoms with Crippen molar-refractivity contribution in [3.63, 3.8) is 0 Å². The molecule has 0 radical (unpaired) electrons. The van der Waals surface area contributed by atoms with E-state index < -0.39 is 0 Å². The Morgan fingerprint density at radius 1 is 1.32 bits per heavy atom. The molecule has 1 aromatic heterocycles. The number of aryl methyl sites for hydroxylation is 1. The topological polar surface area (TPSA) is 99.3 Å². The number of fused-ring (bicyclic) bond motifs is 1. The Morgan fingerprint density at radius 2 is 2.06 bits per heavy atom. The number of aromatic nitrogens is 1. The second kappa shape index (κ2) is 11.0. The van der Waals surface area contributed by atoms with Crippen molar-refractivity contribution in [2.24, 2.45) is 11.2 Å². The number of pyridine rings is 1. The van der Waals surface area contributed by atoms with Gasteiger partial charge in [-0.1, -0.05) is 37.1 Å². The molecule has 2 aliphatic rings. The third kappa shape index (κ3) is 5.42. The first kappa shape index (κ1) is 24.2. The lowest BCUT2D eigenvalue weighted by Crippen LogP contribution is -2.41. The first-order valence-electron chi connectivity index (χ1n) is 11.6. The van der Waals surface area contributed by atoms with Crippen molar-refractivity contribution in [2.75, 3.05) is 19.7 Å². The average molecular weight is 489 g/mol. The summed E-state index contributed by atoms with van der Waals surface area (Å²) in [5.41, 5.74) is 3.33. The summed E-state index contributed by atoms with van der Waals surface area (Å²) in [6, 6.07) is 7.48. The molecule has 4 rings (SSSR count). The molecule has 1 aromatic carbocycles. The fourth-order valence-electron chi connectivity index (χ4n) is 4.14. The number of unbranched alkanes of at least 4 members (excludes halogenated alkanes) is 1. The maximum absolute atomic E-state index is 13.0. The molecule has 10 heteroatoms. The first-order chi connectivity index (χ1) is 16.5. The summed E-state index contributed by atoms with van der Waals surface area (Å²) in [5.74, 6) is -0.164. The second-order valence-electron chi connectivity index (χ2n) is 8.52. The van der Waals surface area contributed by atoms with Crippen molar-refractivity contribution >= 4 is 17.6 Å². The number of nitrogens with zero attached hydrogens (tertiary/aromatic N) is 4. The van der Waals surface area contributed by atoms with Crippen LogP contribution in [0.4, 0.5) is 0 Å². The number of hydrazine groups is 1. The van der Waals surface area contributed by atoms with Gasteiger partial charge in [-0.05, 0) is 43.9 Å². The standard InChI is InChI=1S/C24H29ClN4O5/c1-3-4-13-33-27-29(31)28-11-9-18(10-12-28)24(30)34-22-16(2)26-14-20-21(22)15-32-23(20)17-5-7-19(25)8-6-17/h5-8,14,18,23H,3-4,9-13,15H2,1-2H3/t23-/m0/s1. The zero-order valence-electron chi connectivity index (χ0n) is 19.4. The fraction of sp³-hybridized carbons (Fsp3) is 0.500. The van der Waals surface area contributed by atoms with Crippen molar-refractivity contribution in [3.8, 4) is 5.75 Å². The van der Waals surface area contributed by atoms with Gasteiger partial charge in [0, 0.05) is 22.3 Å². The van der Waals surface area contributed by atoms with Crippen molar-refractivity contribution in [2.45, 2.75) is 52.2 Å². The van der Waals surface area contributed by atoms with Crippen molar-refractivity contribution in [3.05, 3.63) is 63.1 Å². The molecule has 2 aromatic rings. The summed E-state index contributed by atoms with van der Waals surface area (Å²) in [6.45, 7) is 5.39. The van der Waals surface area contributed by atoms with Crippen LogP contribution in [0.25, 0.3) is 0 Å². The Bertz CT molecular complexity index is 1040. The van der Waals surface area contributed by atoms with Gasteiger partial charge in [0.05, 0.1) is 36.3 Å². The predicted octanol–water partition coefficient (Wildman–Crippen LogP) is 4.89. The van der Waals surface area contributed by atoms with E-state index in [1.807, 2.05) is 38.1 Å². The highest BCUT2D eigenvalue weighted by Crippen LogP contribution is 2.41. The molecule has 0 amide bonds. The zero-order chi connectivity index (χ0) is 24.1. The maximum atomic E-state index is 13.0. The van der Waals surface area contributed by atoms with E-state index in [0.29, 0.717) is 60.6 Å². The molecule has 1 fully saturated rings. The van der Waals surface area contributed by atoms with Crippen LogP contribution >= 0.6 is 11.6 Å². The van der Waals surface area contributed by atoms with Gasteiger partial charge in [0.2, 0.25) is 5.28 Å². The van der Waals surface area contributed by atoms with Crippen molar-refractivity contribution in [1.29, 1.82) is 0 Å². The maximum Gasteiger partial charge on any atom is 0.314 e. The summed E-state index contributed by atoms with van der Waals surface area (Å²) < 4.78 is 11.9. The van der Waals surface area contributed by atoms with E-state index >= 15 is 0 Å². The van der Waals surface area contributed by atoms with E-state index in [2.05, 4.69) is 10.3 Å². The van der Waals surface area contributed by atoms with Crippen molar-refractivity contribution in [1.82, 2.24) is 9.99 Å². The SMILES string of the molecule is CCCCON=[N+]([O-])N1CCC(C(=O)Oc2c(C)ncc3c2CO[C@H]3c2ccc(Cl)cc2)CC1. The number of carbonyl (C=O) groups is 1. The van der Waals surface area contributed by atoms with Crippen LogP contribution in [0.3, 0.4) is 0 Å². The number of carbonyl (C=O) groups excluding carboxylic acids is 1.